The van der Waals surface area contributed by atoms with Gasteiger partial charge in [0.05, 0.1) is 26.2 Å². The van der Waals surface area contributed by atoms with Gasteiger partial charge >= 0.3 is 0 Å². The zero-order chi connectivity index (χ0) is 38.0. The van der Waals surface area contributed by atoms with Crippen LogP contribution < -0.4 is 19.7 Å². The molecule has 0 saturated carbocycles. The molecule has 0 radical (unpaired) electrons. The first-order valence-corrected chi connectivity index (χ1v) is 19.0. The molecule has 0 spiro atoms. The Bertz CT molecular complexity index is 2000. The molecule has 0 amide bonds. The van der Waals surface area contributed by atoms with Gasteiger partial charge in [0.15, 0.2) is 12.3 Å². The maximum Gasteiger partial charge on any atom is 0.209 e. The number of fused-ring (bicyclic) bond motifs is 1. The van der Waals surface area contributed by atoms with Crippen LogP contribution in [0.5, 0.6) is 11.5 Å². The van der Waals surface area contributed by atoms with E-state index in [0.29, 0.717) is 6.61 Å². The smallest absolute Gasteiger partial charge is 0.209 e. The molecule has 278 valence electrons. The summed E-state index contributed by atoms with van der Waals surface area (Å²) in [6, 6.07) is 44.2. The molecule has 6 heteroatoms. The monoisotopic (exact) mass is 720 g/mol. The highest BCUT2D eigenvalue weighted by molar-refractivity contribution is 6.03. The maximum atomic E-state index is 7.24. The van der Waals surface area contributed by atoms with Crippen molar-refractivity contribution >= 4 is 22.8 Å². The van der Waals surface area contributed by atoms with Crippen LogP contribution in [0.15, 0.2) is 152 Å². The first-order chi connectivity index (χ1) is 26.3. The summed E-state index contributed by atoms with van der Waals surface area (Å²) in [5.41, 5.74) is 8.24. The Hall–Kier alpha value is -5.59. The number of anilines is 2. The summed E-state index contributed by atoms with van der Waals surface area (Å²) in [6.07, 6.45) is 9.27. The second-order valence-corrected chi connectivity index (χ2v) is 14.0. The number of allylic oxidation sites excluding steroid dienone is 3. The van der Waals surface area contributed by atoms with E-state index in [9.17, 15) is 0 Å². The lowest BCUT2D eigenvalue weighted by atomic mass is 9.80. The minimum atomic E-state index is -0.857. The minimum Gasteiger partial charge on any atom is -0.497 e. The number of benzene rings is 5. The Morgan fingerprint density at radius 1 is 0.704 bits per heavy atom. The zero-order valence-electron chi connectivity index (χ0n) is 32.6. The topological polar surface area (TPSA) is 46.0 Å². The molecule has 54 heavy (non-hydrogen) atoms. The Balaban J connectivity index is 1.34. The van der Waals surface area contributed by atoms with E-state index in [1.54, 1.807) is 14.2 Å². The van der Waals surface area contributed by atoms with E-state index < -0.39 is 5.60 Å². The molecule has 0 atom stereocenters. The fraction of sp³-hybridized carbons (Fsp3) is 0.271. The number of rotatable bonds is 17. The van der Waals surface area contributed by atoms with Gasteiger partial charge in [0.25, 0.3) is 0 Å². The minimum absolute atomic E-state index is 0.198. The van der Waals surface area contributed by atoms with E-state index in [-0.39, 0.29) is 5.41 Å². The molecule has 0 unspecified atom stereocenters. The molecule has 1 aliphatic heterocycles. The predicted octanol–water partition coefficient (Wildman–Crippen LogP) is 10.5. The third-order valence-electron chi connectivity index (χ3n) is 10.5. The number of hydrogen-bond acceptors (Lipinski definition) is 5. The Kier molecular flexibility index (Phi) is 12.4. The Morgan fingerprint density at radius 3 is 1.85 bits per heavy atom. The molecule has 6 rings (SSSR count). The average molecular weight is 721 g/mol. The van der Waals surface area contributed by atoms with Crippen molar-refractivity contribution in [2.75, 3.05) is 50.7 Å². The highest BCUT2D eigenvalue weighted by Gasteiger charge is 2.45. The first-order valence-electron chi connectivity index (χ1n) is 19.0. The average Bonchev–Trinajstić information content (AvgIpc) is 3.43. The number of nitrogens with one attached hydrogen (secondary N) is 1. The van der Waals surface area contributed by atoms with Crippen LogP contribution >= 0.6 is 0 Å². The van der Waals surface area contributed by atoms with E-state index in [2.05, 4.69) is 140 Å². The molecule has 1 aliphatic rings. The van der Waals surface area contributed by atoms with E-state index in [1.165, 1.54) is 22.6 Å². The lowest BCUT2D eigenvalue weighted by Crippen LogP contribution is -2.34. The van der Waals surface area contributed by atoms with Crippen molar-refractivity contribution in [3.05, 3.63) is 174 Å². The van der Waals surface area contributed by atoms with Crippen LogP contribution in [0, 0.1) is 0 Å². The summed E-state index contributed by atoms with van der Waals surface area (Å²) in [5.74, 6) is 1.61. The summed E-state index contributed by atoms with van der Waals surface area (Å²) in [6.45, 7) is 12.4. The molecule has 0 fully saturated rings. The molecule has 0 saturated heterocycles. The van der Waals surface area contributed by atoms with Gasteiger partial charge in [-0.15, -0.1) is 0 Å². The summed E-state index contributed by atoms with van der Waals surface area (Å²) in [4.78, 5) is 2.42. The molecule has 1 heterocycles. The highest BCUT2D eigenvalue weighted by Crippen LogP contribution is 2.44. The van der Waals surface area contributed by atoms with Gasteiger partial charge in [-0.1, -0.05) is 78.9 Å². The van der Waals surface area contributed by atoms with Crippen LogP contribution in [-0.4, -0.2) is 50.7 Å². The maximum absolute atomic E-state index is 7.24. The summed E-state index contributed by atoms with van der Waals surface area (Å²) < 4.78 is 20.8. The van der Waals surface area contributed by atoms with Crippen molar-refractivity contribution in [3.8, 4) is 11.5 Å². The normalized spacial score (nSPS) is 13.7. The molecule has 0 aliphatic carbocycles. The van der Waals surface area contributed by atoms with Crippen molar-refractivity contribution in [2.24, 2.45) is 0 Å². The van der Waals surface area contributed by atoms with Gasteiger partial charge in [-0.3, -0.25) is 0 Å². The van der Waals surface area contributed by atoms with Crippen molar-refractivity contribution in [1.82, 2.24) is 0 Å². The van der Waals surface area contributed by atoms with Crippen LogP contribution in [0.4, 0.5) is 17.1 Å². The van der Waals surface area contributed by atoms with Gasteiger partial charge in [0.2, 0.25) is 5.69 Å². The van der Waals surface area contributed by atoms with Crippen molar-refractivity contribution < 1.29 is 18.8 Å². The van der Waals surface area contributed by atoms with Crippen LogP contribution in [0.2, 0.25) is 0 Å². The molecule has 5 aromatic rings. The summed E-state index contributed by atoms with van der Waals surface area (Å²) in [7, 11) is 3.39. The molecular weight excluding hydrogens is 667 g/mol. The fourth-order valence-corrected chi connectivity index (χ4v) is 7.59. The second-order valence-electron chi connectivity index (χ2n) is 14.0. The fourth-order valence-electron chi connectivity index (χ4n) is 7.59. The van der Waals surface area contributed by atoms with E-state index >= 15 is 0 Å². The Labute approximate surface area is 322 Å². The largest absolute Gasteiger partial charge is 0.497 e. The number of nitrogens with zero attached hydrogens (tertiary/aromatic N) is 2. The molecule has 1 N–H and O–H groups in total. The van der Waals surface area contributed by atoms with Crippen molar-refractivity contribution in [2.45, 2.75) is 45.1 Å². The van der Waals surface area contributed by atoms with Gasteiger partial charge in [-0.25, -0.2) is 0 Å². The van der Waals surface area contributed by atoms with Gasteiger partial charge in [0, 0.05) is 54.8 Å². The summed E-state index contributed by atoms with van der Waals surface area (Å²) in [5, 5.41) is 3.37. The van der Waals surface area contributed by atoms with Gasteiger partial charge in [0.1, 0.15) is 17.1 Å². The SMILES string of the molecule is CCN(CC)c1ccc2c(c1)C(C)(C)C(/C=C/C=C/Nc1ccccc1)=[N+]2CCCOC(c1ccccc1)(c1ccc(OC)cc1)c1ccc(OC)cc1. The molecule has 0 aromatic heterocycles. The molecule has 0 bridgehead atoms. The van der Waals surface area contributed by atoms with Gasteiger partial charge < -0.3 is 24.4 Å². The lowest BCUT2D eigenvalue weighted by Gasteiger charge is -2.36. The quantitative estimate of drug-likeness (QED) is 0.0449. The standard InChI is InChI=1S/C48H53N3O3/c1-7-50(8-2)41-27-32-45-44(36-41)47(3,4)46(22-15-16-33-49-40-20-13-10-14-21-40)51(45)34-17-35-54-48(37-18-11-9-12-19-37,38-23-28-42(52-5)29-24-38)39-25-30-43(53-6)31-26-39/h9-16,18-33,36H,7-8,17,34-35H2,1-6H3/p+1. The lowest BCUT2D eigenvalue weighted by molar-refractivity contribution is -0.439. The van der Waals surface area contributed by atoms with Crippen molar-refractivity contribution in [3.63, 3.8) is 0 Å². The van der Waals surface area contributed by atoms with Gasteiger partial charge in [-0.2, -0.15) is 4.58 Å². The van der Waals surface area contributed by atoms with E-state index in [1.807, 2.05) is 54.7 Å². The summed E-state index contributed by atoms with van der Waals surface area (Å²) >= 11 is 0. The number of ether oxygens (including phenoxy) is 3. The number of para-hydroxylation sites is 1. The van der Waals surface area contributed by atoms with Crippen molar-refractivity contribution in [1.29, 1.82) is 0 Å². The number of methoxy groups -OCH3 is 2. The van der Waals surface area contributed by atoms with E-state index in [0.717, 1.165) is 59.9 Å². The third kappa shape index (κ3) is 7.99. The van der Waals surface area contributed by atoms with Gasteiger partial charge in [-0.05, 0) is 99.0 Å². The Morgan fingerprint density at radius 2 is 1.28 bits per heavy atom. The molecule has 5 aromatic carbocycles. The second kappa shape index (κ2) is 17.5. The zero-order valence-corrected chi connectivity index (χ0v) is 32.6. The molecular formula is C48H54N3O3+. The first kappa shape index (κ1) is 38.1. The van der Waals surface area contributed by atoms with Crippen LogP contribution in [0.25, 0.3) is 0 Å². The van der Waals surface area contributed by atoms with Crippen LogP contribution in [0.3, 0.4) is 0 Å². The highest BCUT2D eigenvalue weighted by atomic mass is 16.5. The van der Waals surface area contributed by atoms with Crippen LogP contribution in [0.1, 0.15) is 56.4 Å². The third-order valence-corrected chi connectivity index (χ3v) is 10.5. The molecule has 6 nitrogen and oxygen atoms in total. The van der Waals surface area contributed by atoms with Crippen LogP contribution in [-0.2, 0) is 15.8 Å². The predicted molar refractivity (Wildman–Crippen MR) is 224 cm³/mol. The van der Waals surface area contributed by atoms with E-state index in [4.69, 9.17) is 14.2 Å². The number of hydrogen-bond donors (Lipinski definition) is 1.